The van der Waals surface area contributed by atoms with Gasteiger partial charge in [-0.05, 0) is 57.5 Å². The molecular weight excluding hydrogens is 210 g/mol. The van der Waals surface area contributed by atoms with Gasteiger partial charge in [-0.3, -0.25) is 4.98 Å². The Hall–Kier alpha value is -0.930. The summed E-state index contributed by atoms with van der Waals surface area (Å²) in [6, 6.07) is 4.52. The van der Waals surface area contributed by atoms with Crippen molar-refractivity contribution in [3.8, 4) is 0 Å². The van der Waals surface area contributed by atoms with Crippen molar-refractivity contribution in [2.45, 2.75) is 38.6 Å². The van der Waals surface area contributed by atoms with E-state index in [0.29, 0.717) is 6.04 Å². The molecule has 0 fully saturated rings. The lowest BCUT2D eigenvalue weighted by atomic mass is 10.1. The van der Waals surface area contributed by atoms with Crippen LogP contribution >= 0.6 is 0 Å². The van der Waals surface area contributed by atoms with Crippen LogP contribution in [0.3, 0.4) is 0 Å². The Balaban J connectivity index is 2.07. The minimum Gasteiger partial charge on any atom is -0.328 e. The van der Waals surface area contributed by atoms with Gasteiger partial charge in [0.25, 0.3) is 0 Å². The van der Waals surface area contributed by atoms with Crippen LogP contribution in [0.5, 0.6) is 0 Å². The first kappa shape index (κ1) is 14.1. The van der Waals surface area contributed by atoms with Gasteiger partial charge in [-0.1, -0.05) is 6.42 Å². The largest absolute Gasteiger partial charge is 0.328 e. The van der Waals surface area contributed by atoms with Gasteiger partial charge in [0.2, 0.25) is 0 Å². The van der Waals surface area contributed by atoms with E-state index in [4.69, 9.17) is 5.73 Å². The molecular formula is C14H25N3. The van der Waals surface area contributed by atoms with E-state index in [-0.39, 0.29) is 0 Å². The SMILES string of the molecule is CC(N)CCCCN(C)CCc1ccncc1. The molecule has 1 aromatic heterocycles. The highest BCUT2D eigenvalue weighted by Gasteiger charge is 2.00. The number of aromatic nitrogens is 1. The molecule has 3 heteroatoms. The lowest BCUT2D eigenvalue weighted by Gasteiger charge is -2.16. The summed E-state index contributed by atoms with van der Waals surface area (Å²) in [7, 11) is 2.19. The van der Waals surface area contributed by atoms with Crippen LogP contribution in [0, 0.1) is 0 Å². The van der Waals surface area contributed by atoms with Gasteiger partial charge < -0.3 is 10.6 Å². The van der Waals surface area contributed by atoms with E-state index < -0.39 is 0 Å². The Morgan fingerprint density at radius 1 is 1.24 bits per heavy atom. The average Bonchev–Trinajstić information content (AvgIpc) is 2.33. The van der Waals surface area contributed by atoms with E-state index in [1.54, 1.807) is 0 Å². The maximum Gasteiger partial charge on any atom is 0.0270 e. The van der Waals surface area contributed by atoms with Gasteiger partial charge in [0.05, 0.1) is 0 Å². The van der Waals surface area contributed by atoms with Crippen molar-refractivity contribution < 1.29 is 0 Å². The fourth-order valence-corrected chi connectivity index (χ4v) is 1.83. The molecule has 17 heavy (non-hydrogen) atoms. The minimum atomic E-state index is 0.345. The molecule has 0 bridgehead atoms. The summed E-state index contributed by atoms with van der Waals surface area (Å²) in [4.78, 5) is 6.41. The molecule has 96 valence electrons. The second-order valence-corrected chi connectivity index (χ2v) is 4.88. The third-order valence-corrected chi connectivity index (χ3v) is 2.98. The van der Waals surface area contributed by atoms with Crippen LogP contribution in [0.25, 0.3) is 0 Å². The number of hydrogen-bond donors (Lipinski definition) is 1. The van der Waals surface area contributed by atoms with Crippen molar-refractivity contribution in [1.29, 1.82) is 0 Å². The van der Waals surface area contributed by atoms with E-state index in [1.165, 1.54) is 18.4 Å². The summed E-state index contributed by atoms with van der Waals surface area (Å²) in [5.41, 5.74) is 7.09. The van der Waals surface area contributed by atoms with Crippen molar-refractivity contribution in [1.82, 2.24) is 9.88 Å². The summed E-state index contributed by atoms with van der Waals surface area (Å²) in [5, 5.41) is 0. The number of nitrogens with zero attached hydrogens (tertiary/aromatic N) is 2. The maximum atomic E-state index is 5.72. The van der Waals surface area contributed by atoms with E-state index in [0.717, 1.165) is 25.9 Å². The van der Waals surface area contributed by atoms with E-state index in [9.17, 15) is 0 Å². The number of likely N-dealkylation sites (N-methyl/N-ethyl adjacent to an activating group) is 1. The third kappa shape index (κ3) is 7.08. The molecule has 2 N–H and O–H groups in total. The molecule has 0 amide bonds. The molecule has 1 unspecified atom stereocenters. The second-order valence-electron chi connectivity index (χ2n) is 4.88. The standard InChI is InChI=1S/C14H25N3/c1-13(15)5-3-4-11-17(2)12-8-14-6-9-16-10-7-14/h6-7,9-10,13H,3-5,8,11-12,15H2,1-2H3. The molecule has 0 spiro atoms. The maximum absolute atomic E-state index is 5.72. The van der Waals surface area contributed by atoms with Gasteiger partial charge in [-0.15, -0.1) is 0 Å². The molecule has 0 aliphatic carbocycles. The number of unbranched alkanes of at least 4 members (excludes halogenated alkanes) is 1. The van der Waals surface area contributed by atoms with Crippen LogP contribution in [0.2, 0.25) is 0 Å². The van der Waals surface area contributed by atoms with E-state index in [2.05, 4.69) is 36.0 Å². The Morgan fingerprint density at radius 2 is 1.94 bits per heavy atom. The topological polar surface area (TPSA) is 42.1 Å². The zero-order chi connectivity index (χ0) is 12.5. The number of hydrogen-bond acceptors (Lipinski definition) is 3. The van der Waals surface area contributed by atoms with Crippen molar-refractivity contribution in [3.05, 3.63) is 30.1 Å². The number of nitrogens with two attached hydrogens (primary N) is 1. The number of pyridine rings is 1. The monoisotopic (exact) mass is 235 g/mol. The summed E-state index contributed by atoms with van der Waals surface area (Å²) >= 11 is 0. The van der Waals surface area contributed by atoms with Gasteiger partial charge in [0, 0.05) is 25.0 Å². The molecule has 0 aliphatic rings. The highest BCUT2D eigenvalue weighted by Crippen LogP contribution is 2.02. The van der Waals surface area contributed by atoms with Gasteiger partial charge in [0.15, 0.2) is 0 Å². The Morgan fingerprint density at radius 3 is 2.59 bits per heavy atom. The first-order valence-corrected chi connectivity index (χ1v) is 6.51. The molecule has 3 nitrogen and oxygen atoms in total. The predicted molar refractivity (Wildman–Crippen MR) is 72.9 cm³/mol. The molecule has 0 aliphatic heterocycles. The van der Waals surface area contributed by atoms with Gasteiger partial charge >= 0.3 is 0 Å². The summed E-state index contributed by atoms with van der Waals surface area (Å²) < 4.78 is 0. The van der Waals surface area contributed by atoms with Crippen LogP contribution in [0.1, 0.15) is 31.7 Å². The van der Waals surface area contributed by atoms with Crippen molar-refractivity contribution >= 4 is 0 Å². The highest BCUT2D eigenvalue weighted by atomic mass is 15.1. The fraction of sp³-hybridized carbons (Fsp3) is 0.643. The lowest BCUT2D eigenvalue weighted by molar-refractivity contribution is 0.327. The lowest BCUT2D eigenvalue weighted by Crippen LogP contribution is -2.23. The van der Waals surface area contributed by atoms with Crippen molar-refractivity contribution in [3.63, 3.8) is 0 Å². The first-order valence-electron chi connectivity index (χ1n) is 6.51. The van der Waals surface area contributed by atoms with Gasteiger partial charge in [-0.25, -0.2) is 0 Å². The van der Waals surface area contributed by atoms with Crippen molar-refractivity contribution in [2.75, 3.05) is 20.1 Å². The Labute approximate surface area is 105 Å². The quantitative estimate of drug-likeness (QED) is 0.701. The zero-order valence-corrected chi connectivity index (χ0v) is 11.1. The smallest absolute Gasteiger partial charge is 0.0270 e. The summed E-state index contributed by atoms with van der Waals surface area (Å²) in [5.74, 6) is 0. The third-order valence-electron chi connectivity index (χ3n) is 2.98. The highest BCUT2D eigenvalue weighted by molar-refractivity contribution is 5.09. The van der Waals surface area contributed by atoms with Crippen LogP contribution in [0.15, 0.2) is 24.5 Å². The molecule has 1 rings (SSSR count). The molecule has 0 radical (unpaired) electrons. The Bertz CT molecular complexity index is 285. The zero-order valence-electron chi connectivity index (χ0n) is 11.1. The van der Waals surface area contributed by atoms with Crippen LogP contribution < -0.4 is 5.73 Å². The van der Waals surface area contributed by atoms with Crippen LogP contribution in [-0.2, 0) is 6.42 Å². The summed E-state index contributed by atoms with van der Waals surface area (Å²) in [6.45, 7) is 4.35. The minimum absolute atomic E-state index is 0.345. The predicted octanol–water partition coefficient (Wildman–Crippen LogP) is 2.07. The van der Waals surface area contributed by atoms with Crippen LogP contribution in [0.4, 0.5) is 0 Å². The molecule has 1 atom stereocenters. The molecule has 0 saturated carbocycles. The van der Waals surface area contributed by atoms with E-state index in [1.807, 2.05) is 12.4 Å². The number of rotatable bonds is 8. The average molecular weight is 235 g/mol. The van der Waals surface area contributed by atoms with Crippen LogP contribution in [-0.4, -0.2) is 36.1 Å². The first-order chi connectivity index (χ1) is 8.18. The molecule has 0 aromatic carbocycles. The molecule has 1 heterocycles. The Kier molecular flexibility index (Phi) is 6.82. The molecule has 1 aromatic rings. The van der Waals surface area contributed by atoms with Gasteiger partial charge in [-0.2, -0.15) is 0 Å². The summed E-state index contributed by atoms with van der Waals surface area (Å²) in [6.07, 6.45) is 8.44. The molecule has 0 saturated heterocycles. The fourth-order valence-electron chi connectivity index (χ4n) is 1.83. The van der Waals surface area contributed by atoms with Crippen molar-refractivity contribution in [2.24, 2.45) is 5.73 Å². The normalized spacial score (nSPS) is 12.9. The van der Waals surface area contributed by atoms with E-state index >= 15 is 0 Å². The van der Waals surface area contributed by atoms with Gasteiger partial charge in [0.1, 0.15) is 0 Å². The second kappa shape index (κ2) is 8.20.